The summed E-state index contributed by atoms with van der Waals surface area (Å²) in [5.41, 5.74) is 15.0. The van der Waals surface area contributed by atoms with Gasteiger partial charge in [0.05, 0.1) is 44.7 Å². The first-order valence-electron chi connectivity index (χ1n) is 22.4. The molecule has 15 rings (SSSR count). The van der Waals surface area contributed by atoms with Crippen LogP contribution in [0.5, 0.6) is 0 Å². The maximum atomic E-state index is 6.29. The molecular weight excluding hydrogens is 825 g/mol. The zero-order valence-electron chi connectivity index (χ0n) is 35.6. The molecule has 15 aromatic rings. The van der Waals surface area contributed by atoms with Crippen molar-refractivity contribution in [1.29, 1.82) is 0 Å². The number of hydrogen-bond acceptors (Lipinski definition) is 5. The van der Waals surface area contributed by atoms with Gasteiger partial charge in [0.25, 0.3) is 0 Å². The summed E-state index contributed by atoms with van der Waals surface area (Å²) in [4.78, 5) is 16.3. The number of nitrogens with zero attached hydrogens (tertiary/aromatic N) is 6. The van der Waals surface area contributed by atoms with Crippen LogP contribution in [0.2, 0.25) is 0 Å². The molecule has 0 amide bonds. The van der Waals surface area contributed by atoms with E-state index in [1.165, 1.54) is 0 Å². The van der Waals surface area contributed by atoms with E-state index in [1.807, 2.05) is 36.7 Å². The Balaban J connectivity index is 1.06. The Morgan fingerprint density at radius 2 is 0.866 bits per heavy atom. The first-order chi connectivity index (χ1) is 33.2. The minimum Gasteiger partial charge on any atom is -0.456 e. The van der Waals surface area contributed by atoms with E-state index >= 15 is 0 Å². The van der Waals surface area contributed by atoms with Crippen LogP contribution >= 0.6 is 0 Å². The normalized spacial score (nSPS) is 12.2. The molecule has 0 atom stereocenters. The molecule has 6 aromatic heterocycles. The fourth-order valence-electron chi connectivity index (χ4n) is 10.6. The third-order valence-electron chi connectivity index (χ3n) is 13.6. The van der Waals surface area contributed by atoms with Crippen molar-refractivity contribution in [3.8, 4) is 39.8 Å². The van der Waals surface area contributed by atoms with E-state index in [9.17, 15) is 0 Å². The van der Waals surface area contributed by atoms with Gasteiger partial charge in [-0.25, -0.2) is 15.0 Å². The number of benzene rings is 9. The summed E-state index contributed by atoms with van der Waals surface area (Å²) >= 11 is 0. The molecule has 0 radical (unpaired) electrons. The van der Waals surface area contributed by atoms with Crippen molar-refractivity contribution in [3.05, 3.63) is 207 Å². The molecule has 0 aliphatic rings. The van der Waals surface area contributed by atoms with Gasteiger partial charge in [0.15, 0.2) is 0 Å². The highest BCUT2D eigenvalue weighted by molar-refractivity contribution is 6.24. The highest BCUT2D eigenvalue weighted by atomic mass is 16.3. The molecule has 67 heavy (non-hydrogen) atoms. The van der Waals surface area contributed by atoms with E-state index in [0.717, 1.165) is 132 Å². The Labute approximate surface area is 380 Å². The van der Waals surface area contributed by atoms with Crippen molar-refractivity contribution in [2.45, 2.75) is 0 Å². The molecule has 9 aromatic carbocycles. The second-order valence-electron chi connectivity index (χ2n) is 17.2. The summed E-state index contributed by atoms with van der Waals surface area (Å²) in [5.74, 6) is 0.559. The van der Waals surface area contributed by atoms with Crippen molar-refractivity contribution >= 4 is 98.5 Å². The van der Waals surface area contributed by atoms with Crippen LogP contribution in [0.25, 0.3) is 138 Å². The van der Waals surface area contributed by atoms with Gasteiger partial charge < -0.3 is 13.4 Å². The maximum Gasteiger partial charge on any atom is 0.235 e. The van der Waals surface area contributed by atoms with E-state index in [-0.39, 0.29) is 0 Å². The Kier molecular flexibility index (Phi) is 7.34. The molecule has 0 spiro atoms. The molecule has 0 unspecified atom stereocenters. The average molecular weight is 859 g/mol. The first kappa shape index (κ1) is 36.1. The zero-order chi connectivity index (χ0) is 43.7. The standard InChI is InChI=1S/C59H34N6O2/c1-2-13-37(14-3-1)63-34-60-56-50(63)21-12-22-51(56)64-48-19-8-4-15-38(48)42-27-28-43-39-16-5-9-20-49(39)65(58(43)57(42)64)59-61-46(35-25-29-54-44(31-35)40-17-6-10-23-52(40)66-54)33-47(62-59)36-26-30-55-45(32-36)41-18-7-11-24-53(41)67-55/h1-34H. The van der Waals surface area contributed by atoms with Crippen LogP contribution in [-0.2, 0) is 0 Å². The Hall–Kier alpha value is -9.27. The lowest BCUT2D eigenvalue weighted by atomic mass is 10.0. The second-order valence-corrected chi connectivity index (χ2v) is 17.2. The largest absolute Gasteiger partial charge is 0.456 e. The first-order valence-corrected chi connectivity index (χ1v) is 22.4. The summed E-state index contributed by atoms with van der Waals surface area (Å²) in [7, 11) is 0. The van der Waals surface area contributed by atoms with Gasteiger partial charge in [0, 0.05) is 59.9 Å². The summed E-state index contributed by atoms with van der Waals surface area (Å²) in [5, 5.41) is 8.67. The van der Waals surface area contributed by atoms with Crippen LogP contribution in [0, 0.1) is 0 Å². The van der Waals surface area contributed by atoms with Crippen LogP contribution in [-0.4, -0.2) is 28.7 Å². The smallest absolute Gasteiger partial charge is 0.235 e. The van der Waals surface area contributed by atoms with Gasteiger partial charge in [-0.15, -0.1) is 0 Å². The topological polar surface area (TPSA) is 79.7 Å². The quantitative estimate of drug-likeness (QED) is 0.172. The lowest BCUT2D eigenvalue weighted by Gasteiger charge is -2.14. The number of imidazole rings is 1. The minimum atomic E-state index is 0.559. The predicted octanol–water partition coefficient (Wildman–Crippen LogP) is 15.1. The van der Waals surface area contributed by atoms with Crippen molar-refractivity contribution in [2.24, 2.45) is 0 Å². The van der Waals surface area contributed by atoms with Crippen molar-refractivity contribution < 1.29 is 8.83 Å². The maximum absolute atomic E-state index is 6.29. The second kappa shape index (κ2) is 13.6. The molecule has 0 aliphatic heterocycles. The number of rotatable bonds is 5. The van der Waals surface area contributed by atoms with Gasteiger partial charge in [-0.2, -0.15) is 0 Å². The lowest BCUT2D eigenvalue weighted by Crippen LogP contribution is -2.05. The molecule has 0 fully saturated rings. The van der Waals surface area contributed by atoms with E-state index in [4.69, 9.17) is 23.8 Å². The van der Waals surface area contributed by atoms with Crippen LogP contribution < -0.4 is 0 Å². The number of fused-ring (bicyclic) bond motifs is 14. The monoisotopic (exact) mass is 858 g/mol. The van der Waals surface area contributed by atoms with E-state index in [1.54, 1.807) is 0 Å². The van der Waals surface area contributed by atoms with Gasteiger partial charge >= 0.3 is 0 Å². The van der Waals surface area contributed by atoms with Gasteiger partial charge in [-0.3, -0.25) is 9.13 Å². The fraction of sp³-hybridized carbons (Fsp3) is 0. The number of furan rings is 2. The van der Waals surface area contributed by atoms with Gasteiger partial charge in [0.1, 0.15) is 34.2 Å². The summed E-state index contributed by atoms with van der Waals surface area (Å²) in [6.45, 7) is 0. The molecule has 6 heterocycles. The molecular formula is C59H34N6O2. The molecule has 0 aliphatic carbocycles. The third kappa shape index (κ3) is 5.20. The van der Waals surface area contributed by atoms with Crippen molar-refractivity contribution in [1.82, 2.24) is 28.7 Å². The molecule has 0 N–H and O–H groups in total. The van der Waals surface area contributed by atoms with Crippen LogP contribution in [0.4, 0.5) is 0 Å². The molecule has 8 heteroatoms. The fourth-order valence-corrected chi connectivity index (χ4v) is 10.6. The van der Waals surface area contributed by atoms with Gasteiger partial charge in [0.2, 0.25) is 5.95 Å². The van der Waals surface area contributed by atoms with E-state index < -0.39 is 0 Å². The predicted molar refractivity (Wildman–Crippen MR) is 271 cm³/mol. The van der Waals surface area contributed by atoms with Crippen LogP contribution in [0.3, 0.4) is 0 Å². The van der Waals surface area contributed by atoms with Crippen LogP contribution in [0.15, 0.2) is 215 Å². The summed E-state index contributed by atoms with van der Waals surface area (Å²) in [6, 6.07) is 69.8. The SMILES string of the molecule is c1ccc(-n2cnc3c(-n4c5ccccc5c5ccc6c7ccccc7n(-c7nc(-c8ccc9oc%10ccccc%10c9c8)cc(-c8ccc9oc%10ccccc%10c9c8)n7)c6c54)cccc32)cc1. The van der Waals surface area contributed by atoms with E-state index in [0.29, 0.717) is 5.95 Å². The number of hydrogen-bond donors (Lipinski definition) is 0. The third-order valence-corrected chi connectivity index (χ3v) is 13.6. The minimum absolute atomic E-state index is 0.559. The van der Waals surface area contributed by atoms with Crippen molar-refractivity contribution in [2.75, 3.05) is 0 Å². The Morgan fingerprint density at radius 3 is 1.49 bits per heavy atom. The summed E-state index contributed by atoms with van der Waals surface area (Å²) < 4.78 is 19.4. The average Bonchev–Trinajstić information content (AvgIpc) is 4.22. The van der Waals surface area contributed by atoms with E-state index in [2.05, 4.69) is 184 Å². The molecule has 0 saturated heterocycles. The number of aromatic nitrogens is 6. The molecule has 312 valence electrons. The Bertz CT molecular complexity index is 4400. The summed E-state index contributed by atoms with van der Waals surface area (Å²) in [6.07, 6.45) is 1.93. The zero-order valence-corrected chi connectivity index (χ0v) is 35.6. The molecule has 8 nitrogen and oxygen atoms in total. The molecule has 0 saturated carbocycles. The van der Waals surface area contributed by atoms with Crippen molar-refractivity contribution in [3.63, 3.8) is 0 Å². The van der Waals surface area contributed by atoms with Gasteiger partial charge in [-0.1, -0.05) is 109 Å². The lowest BCUT2D eigenvalue weighted by molar-refractivity contribution is 0.668. The molecule has 0 bridgehead atoms. The Morgan fingerprint density at radius 1 is 0.358 bits per heavy atom. The number of para-hydroxylation sites is 6. The highest BCUT2D eigenvalue weighted by Crippen LogP contribution is 2.43. The van der Waals surface area contributed by atoms with Gasteiger partial charge in [-0.05, 0) is 91.0 Å². The highest BCUT2D eigenvalue weighted by Gasteiger charge is 2.25. The van der Waals surface area contributed by atoms with Crippen LogP contribution in [0.1, 0.15) is 0 Å².